The summed E-state index contributed by atoms with van der Waals surface area (Å²) in [5.74, 6) is 0.914. The van der Waals surface area contributed by atoms with E-state index in [1.165, 1.54) is 19.4 Å². The van der Waals surface area contributed by atoms with Crippen LogP contribution in [-0.2, 0) is 0 Å². The fourth-order valence-corrected chi connectivity index (χ4v) is 3.16. The predicted octanol–water partition coefficient (Wildman–Crippen LogP) is 5.19. The molecule has 164 valence electrons. The minimum absolute atomic E-state index is 0.141. The Labute approximate surface area is 180 Å². The number of fused-ring (bicyclic) bond motifs is 1. The maximum atomic E-state index is 11.6. The van der Waals surface area contributed by atoms with Crippen LogP contribution < -0.4 is 14.9 Å². The van der Waals surface area contributed by atoms with E-state index in [9.17, 15) is 10.1 Å². The SMILES string of the molecule is CCCCCCOc1c(OC)cc(/C=N\Nc2nc3ccc(C)cc3[nH]2)cc1[N+](=O)[O-]. The van der Waals surface area contributed by atoms with Gasteiger partial charge in [0, 0.05) is 11.6 Å². The number of H-pyrrole nitrogens is 1. The number of aromatic amines is 1. The number of unbranched alkanes of at least 4 members (excludes halogenated alkanes) is 3. The molecule has 0 atom stereocenters. The van der Waals surface area contributed by atoms with Gasteiger partial charge in [0.2, 0.25) is 11.7 Å². The molecule has 0 aliphatic rings. The van der Waals surface area contributed by atoms with Crippen molar-refractivity contribution < 1.29 is 14.4 Å². The lowest BCUT2D eigenvalue weighted by Crippen LogP contribution is -2.04. The van der Waals surface area contributed by atoms with Crippen molar-refractivity contribution in [1.29, 1.82) is 0 Å². The first kappa shape index (κ1) is 22.1. The number of methoxy groups -OCH3 is 1. The maximum Gasteiger partial charge on any atom is 0.315 e. The summed E-state index contributed by atoms with van der Waals surface area (Å²) in [5.41, 5.74) is 6.00. The summed E-state index contributed by atoms with van der Waals surface area (Å²) in [5, 5.41) is 15.7. The zero-order valence-corrected chi connectivity index (χ0v) is 18.0. The molecule has 2 N–H and O–H groups in total. The molecular formula is C22H27N5O4. The number of nitrogens with one attached hydrogen (secondary N) is 2. The first-order chi connectivity index (χ1) is 15.0. The highest BCUT2D eigenvalue weighted by molar-refractivity contribution is 5.84. The lowest BCUT2D eigenvalue weighted by atomic mass is 10.1. The van der Waals surface area contributed by atoms with E-state index in [0.717, 1.165) is 42.3 Å². The number of nitro benzene ring substituents is 1. The fraction of sp³-hybridized carbons (Fsp3) is 0.364. The topological polar surface area (TPSA) is 115 Å². The fourth-order valence-electron chi connectivity index (χ4n) is 3.16. The quantitative estimate of drug-likeness (QED) is 0.189. The van der Waals surface area contributed by atoms with Crippen LogP contribution in [0, 0.1) is 17.0 Å². The minimum atomic E-state index is -0.476. The molecule has 0 aliphatic carbocycles. The highest BCUT2D eigenvalue weighted by Gasteiger charge is 2.22. The second-order valence-electron chi connectivity index (χ2n) is 7.21. The predicted molar refractivity (Wildman–Crippen MR) is 121 cm³/mol. The summed E-state index contributed by atoms with van der Waals surface area (Å²) in [6.07, 6.45) is 5.54. The van der Waals surface area contributed by atoms with Gasteiger partial charge in [0.15, 0.2) is 5.75 Å². The number of aromatic nitrogens is 2. The van der Waals surface area contributed by atoms with E-state index < -0.39 is 4.92 Å². The summed E-state index contributed by atoms with van der Waals surface area (Å²) in [4.78, 5) is 18.7. The number of nitrogens with zero attached hydrogens (tertiary/aromatic N) is 3. The molecule has 0 spiro atoms. The third kappa shape index (κ3) is 5.71. The average molecular weight is 425 g/mol. The Morgan fingerprint density at radius 3 is 2.84 bits per heavy atom. The van der Waals surface area contributed by atoms with Gasteiger partial charge < -0.3 is 14.5 Å². The van der Waals surface area contributed by atoms with Crippen molar-refractivity contribution in [3.8, 4) is 11.5 Å². The second-order valence-corrected chi connectivity index (χ2v) is 7.21. The number of aryl methyl sites for hydroxylation is 1. The molecule has 0 aliphatic heterocycles. The number of hydrazone groups is 1. The number of anilines is 1. The van der Waals surface area contributed by atoms with Crippen molar-refractivity contribution >= 4 is 28.9 Å². The van der Waals surface area contributed by atoms with Crippen molar-refractivity contribution in [2.75, 3.05) is 19.1 Å². The molecule has 31 heavy (non-hydrogen) atoms. The summed E-state index contributed by atoms with van der Waals surface area (Å²) >= 11 is 0. The lowest BCUT2D eigenvalue weighted by Gasteiger charge is -2.11. The van der Waals surface area contributed by atoms with E-state index in [2.05, 4.69) is 27.4 Å². The van der Waals surface area contributed by atoms with E-state index >= 15 is 0 Å². The molecule has 2 aromatic carbocycles. The smallest absolute Gasteiger partial charge is 0.315 e. The first-order valence-corrected chi connectivity index (χ1v) is 10.3. The first-order valence-electron chi connectivity index (χ1n) is 10.3. The van der Waals surface area contributed by atoms with Crippen molar-refractivity contribution in [1.82, 2.24) is 9.97 Å². The molecular weight excluding hydrogens is 398 g/mol. The van der Waals surface area contributed by atoms with Crippen molar-refractivity contribution in [3.63, 3.8) is 0 Å². The Morgan fingerprint density at radius 2 is 2.10 bits per heavy atom. The molecule has 3 aromatic rings. The third-order valence-electron chi connectivity index (χ3n) is 4.74. The van der Waals surface area contributed by atoms with Crippen LogP contribution in [0.5, 0.6) is 11.5 Å². The van der Waals surface area contributed by atoms with Crippen LogP contribution in [0.1, 0.15) is 43.7 Å². The highest BCUT2D eigenvalue weighted by Crippen LogP contribution is 2.38. The van der Waals surface area contributed by atoms with Gasteiger partial charge in [-0.2, -0.15) is 5.10 Å². The van der Waals surface area contributed by atoms with E-state index in [1.807, 2.05) is 25.1 Å². The zero-order chi connectivity index (χ0) is 22.2. The molecule has 0 radical (unpaired) electrons. The number of benzene rings is 2. The number of imidazole rings is 1. The van der Waals surface area contributed by atoms with Crippen molar-refractivity contribution in [2.45, 2.75) is 39.5 Å². The number of rotatable bonds is 11. The van der Waals surface area contributed by atoms with Crippen molar-refractivity contribution in [3.05, 3.63) is 51.6 Å². The molecule has 0 saturated carbocycles. The number of nitro groups is 1. The normalized spacial score (nSPS) is 11.2. The van der Waals surface area contributed by atoms with Crippen molar-refractivity contribution in [2.24, 2.45) is 5.10 Å². The van der Waals surface area contributed by atoms with E-state index in [0.29, 0.717) is 23.9 Å². The van der Waals surface area contributed by atoms with Crippen LogP contribution in [0.25, 0.3) is 11.0 Å². The molecule has 3 rings (SSSR count). The van der Waals surface area contributed by atoms with Gasteiger partial charge in [-0.25, -0.2) is 10.4 Å². The van der Waals surface area contributed by atoms with Crippen LogP contribution >= 0.6 is 0 Å². The van der Waals surface area contributed by atoms with Gasteiger partial charge in [-0.05, 0) is 37.1 Å². The summed E-state index contributed by atoms with van der Waals surface area (Å²) in [7, 11) is 1.46. The van der Waals surface area contributed by atoms with Crippen LogP contribution in [0.4, 0.5) is 11.6 Å². The van der Waals surface area contributed by atoms with Gasteiger partial charge in [-0.1, -0.05) is 32.3 Å². The molecule has 0 saturated heterocycles. The Bertz CT molecular complexity index is 1080. The summed E-state index contributed by atoms with van der Waals surface area (Å²) in [6, 6.07) is 8.96. The molecule has 1 aromatic heterocycles. The van der Waals surface area contributed by atoms with Crippen LogP contribution in [0.2, 0.25) is 0 Å². The van der Waals surface area contributed by atoms with Gasteiger partial charge in [-0.15, -0.1) is 0 Å². The Balaban J connectivity index is 1.75. The van der Waals surface area contributed by atoms with Crippen LogP contribution in [-0.4, -0.2) is 34.8 Å². The van der Waals surface area contributed by atoms with Gasteiger partial charge in [0.25, 0.3) is 0 Å². The molecule has 9 nitrogen and oxygen atoms in total. The Morgan fingerprint density at radius 1 is 1.26 bits per heavy atom. The summed E-state index contributed by atoms with van der Waals surface area (Å²) in [6.45, 7) is 4.53. The molecule has 0 bridgehead atoms. The molecule has 0 amide bonds. The average Bonchev–Trinajstić information content (AvgIpc) is 3.15. The lowest BCUT2D eigenvalue weighted by molar-refractivity contribution is -0.386. The van der Waals surface area contributed by atoms with E-state index in [4.69, 9.17) is 9.47 Å². The van der Waals surface area contributed by atoms with Crippen LogP contribution in [0.3, 0.4) is 0 Å². The Hall–Kier alpha value is -3.62. The monoisotopic (exact) mass is 425 g/mol. The summed E-state index contributed by atoms with van der Waals surface area (Å²) < 4.78 is 11.0. The Kier molecular flexibility index (Phi) is 7.42. The second kappa shape index (κ2) is 10.4. The molecule has 1 heterocycles. The zero-order valence-electron chi connectivity index (χ0n) is 18.0. The van der Waals surface area contributed by atoms with Gasteiger partial charge in [0.05, 0.1) is 35.9 Å². The third-order valence-corrected chi connectivity index (χ3v) is 4.74. The number of hydrogen-bond donors (Lipinski definition) is 2. The van der Waals surface area contributed by atoms with Gasteiger partial charge >= 0.3 is 5.69 Å². The molecule has 9 heteroatoms. The molecule has 0 unspecified atom stereocenters. The van der Waals surface area contributed by atoms with Gasteiger partial charge in [0.1, 0.15) is 0 Å². The molecule has 0 fully saturated rings. The highest BCUT2D eigenvalue weighted by atomic mass is 16.6. The van der Waals surface area contributed by atoms with E-state index in [-0.39, 0.29) is 11.4 Å². The van der Waals surface area contributed by atoms with E-state index in [1.54, 1.807) is 6.07 Å². The minimum Gasteiger partial charge on any atom is -0.493 e. The number of hydrogen-bond acceptors (Lipinski definition) is 7. The largest absolute Gasteiger partial charge is 0.493 e. The van der Waals surface area contributed by atoms with Gasteiger partial charge in [-0.3, -0.25) is 10.1 Å². The number of ether oxygens (including phenoxy) is 2. The standard InChI is InChI=1S/C22H27N5O4/c1-4-5-6-7-10-31-21-19(27(28)29)12-16(13-20(21)30-3)14-23-26-22-24-17-9-8-15(2)11-18(17)25-22/h8-9,11-14H,4-7,10H2,1-3H3,(H2,24,25,26)/b23-14-. The maximum absolute atomic E-state index is 11.6. The van der Waals surface area contributed by atoms with Crippen LogP contribution in [0.15, 0.2) is 35.4 Å².